The molecule has 3 aromatic rings. The number of H-pyrrole nitrogens is 1. The summed E-state index contributed by atoms with van der Waals surface area (Å²) in [6.45, 7) is 0. The Morgan fingerprint density at radius 3 is 2.62 bits per heavy atom. The first-order valence-corrected chi connectivity index (χ1v) is 6.09. The number of nitrogens with one attached hydrogen (secondary N) is 2. The van der Waals surface area contributed by atoms with E-state index in [1.54, 1.807) is 30.3 Å². The molecule has 0 unspecified atom stereocenters. The van der Waals surface area contributed by atoms with Gasteiger partial charge in [-0.15, -0.1) is 0 Å². The summed E-state index contributed by atoms with van der Waals surface area (Å²) in [5.74, 6) is -1.09. The van der Waals surface area contributed by atoms with Crippen molar-refractivity contribution in [2.45, 2.75) is 0 Å². The van der Waals surface area contributed by atoms with Gasteiger partial charge in [0.2, 0.25) is 5.95 Å². The number of pyridine rings is 1. The van der Waals surface area contributed by atoms with Crippen molar-refractivity contribution in [2.24, 2.45) is 0 Å². The standard InChI is InChI=1S/C14H10N4O3/c19-11-8-4-1-2-5-9(8)17-12(20)10(11)13(21)18-14-15-6-3-7-16-14/h1-7H,(H2,17,19,20)(H,15,16,18,21). The van der Waals surface area contributed by atoms with Crippen molar-refractivity contribution >= 4 is 22.8 Å². The largest absolute Gasteiger partial charge is 0.506 e. The molecule has 0 aliphatic carbocycles. The number of anilines is 1. The van der Waals surface area contributed by atoms with Gasteiger partial charge in [0.25, 0.3) is 11.5 Å². The first kappa shape index (κ1) is 12.8. The van der Waals surface area contributed by atoms with Crippen molar-refractivity contribution in [3.8, 4) is 5.75 Å². The molecule has 2 heterocycles. The Morgan fingerprint density at radius 2 is 1.86 bits per heavy atom. The number of nitrogens with zero attached hydrogens (tertiary/aromatic N) is 2. The molecule has 0 fully saturated rings. The number of hydrogen-bond donors (Lipinski definition) is 3. The Kier molecular flexibility index (Phi) is 3.07. The number of amides is 1. The average molecular weight is 282 g/mol. The van der Waals surface area contributed by atoms with Gasteiger partial charge in [-0.25, -0.2) is 9.97 Å². The molecule has 21 heavy (non-hydrogen) atoms. The highest BCUT2D eigenvalue weighted by atomic mass is 16.3. The topological polar surface area (TPSA) is 108 Å². The van der Waals surface area contributed by atoms with E-state index < -0.39 is 11.5 Å². The van der Waals surface area contributed by atoms with E-state index in [1.807, 2.05) is 0 Å². The number of hydrogen-bond acceptors (Lipinski definition) is 5. The molecule has 0 atom stereocenters. The van der Waals surface area contributed by atoms with E-state index in [9.17, 15) is 14.7 Å². The van der Waals surface area contributed by atoms with Gasteiger partial charge in [0, 0.05) is 17.8 Å². The van der Waals surface area contributed by atoms with E-state index in [-0.39, 0.29) is 17.3 Å². The predicted octanol–water partition coefficient (Wildman–Crippen LogP) is 1.28. The molecule has 0 aliphatic rings. The highest BCUT2D eigenvalue weighted by molar-refractivity contribution is 6.08. The molecule has 0 spiro atoms. The van der Waals surface area contributed by atoms with Crippen LogP contribution in [0.4, 0.5) is 5.95 Å². The molecule has 1 aromatic carbocycles. The lowest BCUT2D eigenvalue weighted by Crippen LogP contribution is -2.24. The molecule has 0 bridgehead atoms. The minimum absolute atomic E-state index is 0.0504. The zero-order chi connectivity index (χ0) is 14.8. The number of rotatable bonds is 2. The second kappa shape index (κ2) is 5.04. The lowest BCUT2D eigenvalue weighted by Gasteiger charge is -2.07. The van der Waals surface area contributed by atoms with Crippen LogP contribution < -0.4 is 10.9 Å². The van der Waals surface area contributed by atoms with E-state index in [0.717, 1.165) is 0 Å². The molecule has 0 aliphatic heterocycles. The maximum Gasteiger partial charge on any atom is 0.267 e. The number of aromatic nitrogens is 3. The number of aromatic amines is 1. The smallest absolute Gasteiger partial charge is 0.267 e. The number of aromatic hydroxyl groups is 1. The first-order chi connectivity index (χ1) is 10.2. The second-order valence-electron chi connectivity index (χ2n) is 4.25. The fourth-order valence-electron chi connectivity index (χ4n) is 1.96. The van der Waals surface area contributed by atoms with Crippen molar-refractivity contribution in [1.29, 1.82) is 0 Å². The fourth-order valence-corrected chi connectivity index (χ4v) is 1.96. The van der Waals surface area contributed by atoms with Crippen LogP contribution in [0.15, 0.2) is 47.5 Å². The van der Waals surface area contributed by atoms with Crippen LogP contribution in [-0.4, -0.2) is 26.0 Å². The highest BCUT2D eigenvalue weighted by Crippen LogP contribution is 2.24. The van der Waals surface area contributed by atoms with Gasteiger partial charge < -0.3 is 10.1 Å². The molecule has 0 saturated carbocycles. The Hall–Kier alpha value is -3.22. The summed E-state index contributed by atoms with van der Waals surface area (Å²) in [5.41, 5.74) is -0.603. The van der Waals surface area contributed by atoms with E-state index in [4.69, 9.17) is 0 Å². The number of benzene rings is 1. The summed E-state index contributed by atoms with van der Waals surface area (Å²) in [4.78, 5) is 34.3. The molecule has 3 N–H and O–H groups in total. The van der Waals surface area contributed by atoms with Crippen LogP contribution in [0.25, 0.3) is 10.9 Å². The van der Waals surface area contributed by atoms with Crippen molar-refractivity contribution in [3.05, 3.63) is 58.6 Å². The molecule has 3 rings (SSSR count). The summed E-state index contributed by atoms with van der Waals surface area (Å²) in [6, 6.07) is 8.25. The summed E-state index contributed by atoms with van der Waals surface area (Å²) < 4.78 is 0. The number of carbonyl (C=O) groups is 1. The quantitative estimate of drug-likeness (QED) is 0.656. The molecule has 0 radical (unpaired) electrons. The van der Waals surface area contributed by atoms with E-state index >= 15 is 0 Å². The molecule has 7 heteroatoms. The van der Waals surface area contributed by atoms with Gasteiger partial charge in [-0.1, -0.05) is 12.1 Å². The summed E-state index contributed by atoms with van der Waals surface area (Å²) in [5, 5.41) is 12.9. The van der Waals surface area contributed by atoms with E-state index in [1.165, 1.54) is 12.4 Å². The molecular formula is C14H10N4O3. The van der Waals surface area contributed by atoms with Crippen LogP contribution >= 0.6 is 0 Å². The van der Waals surface area contributed by atoms with Crippen LogP contribution in [0, 0.1) is 0 Å². The minimum Gasteiger partial charge on any atom is -0.506 e. The van der Waals surface area contributed by atoms with Gasteiger partial charge in [0.05, 0.1) is 5.52 Å². The van der Waals surface area contributed by atoms with Gasteiger partial charge in [0.1, 0.15) is 11.3 Å². The van der Waals surface area contributed by atoms with Gasteiger partial charge in [-0.2, -0.15) is 0 Å². The maximum atomic E-state index is 12.1. The van der Waals surface area contributed by atoms with Gasteiger partial charge >= 0.3 is 0 Å². The summed E-state index contributed by atoms with van der Waals surface area (Å²) >= 11 is 0. The van der Waals surface area contributed by atoms with Gasteiger partial charge in [-0.3, -0.25) is 14.9 Å². The van der Waals surface area contributed by atoms with Gasteiger partial charge in [-0.05, 0) is 18.2 Å². The minimum atomic E-state index is -0.772. The number of para-hydroxylation sites is 1. The lowest BCUT2D eigenvalue weighted by molar-refractivity contribution is 0.102. The Morgan fingerprint density at radius 1 is 1.14 bits per heavy atom. The van der Waals surface area contributed by atoms with Crippen molar-refractivity contribution in [1.82, 2.24) is 15.0 Å². The average Bonchev–Trinajstić information content (AvgIpc) is 2.48. The third kappa shape index (κ3) is 2.32. The maximum absolute atomic E-state index is 12.1. The van der Waals surface area contributed by atoms with Crippen LogP contribution in [0.5, 0.6) is 5.75 Å². The molecule has 2 aromatic heterocycles. The zero-order valence-electron chi connectivity index (χ0n) is 10.7. The summed E-state index contributed by atoms with van der Waals surface area (Å²) in [6.07, 6.45) is 2.90. The first-order valence-electron chi connectivity index (χ1n) is 6.09. The number of fused-ring (bicyclic) bond motifs is 1. The van der Waals surface area contributed by atoms with Crippen LogP contribution in [0.1, 0.15) is 10.4 Å². The predicted molar refractivity (Wildman–Crippen MR) is 76.2 cm³/mol. The highest BCUT2D eigenvalue weighted by Gasteiger charge is 2.19. The molecular weight excluding hydrogens is 272 g/mol. The van der Waals surface area contributed by atoms with Crippen molar-refractivity contribution < 1.29 is 9.90 Å². The molecule has 104 valence electrons. The molecule has 0 saturated heterocycles. The zero-order valence-corrected chi connectivity index (χ0v) is 10.7. The lowest BCUT2D eigenvalue weighted by atomic mass is 10.1. The van der Waals surface area contributed by atoms with Crippen molar-refractivity contribution in [2.75, 3.05) is 5.32 Å². The Bertz CT molecular complexity index is 874. The second-order valence-corrected chi connectivity index (χ2v) is 4.25. The third-order valence-corrected chi connectivity index (χ3v) is 2.91. The van der Waals surface area contributed by atoms with Gasteiger partial charge in [0.15, 0.2) is 0 Å². The monoisotopic (exact) mass is 282 g/mol. The number of carbonyl (C=O) groups excluding carboxylic acids is 1. The van der Waals surface area contributed by atoms with E-state index in [0.29, 0.717) is 10.9 Å². The molecule has 1 amide bonds. The fraction of sp³-hybridized carbons (Fsp3) is 0. The summed E-state index contributed by atoms with van der Waals surface area (Å²) in [7, 11) is 0. The van der Waals surface area contributed by atoms with E-state index in [2.05, 4.69) is 20.3 Å². The Balaban J connectivity index is 2.08. The van der Waals surface area contributed by atoms with Crippen LogP contribution in [-0.2, 0) is 0 Å². The third-order valence-electron chi connectivity index (χ3n) is 2.91. The van der Waals surface area contributed by atoms with Crippen LogP contribution in [0.3, 0.4) is 0 Å². The SMILES string of the molecule is O=C(Nc1ncccn1)c1c(O)c2ccccc2[nH]c1=O. The van der Waals surface area contributed by atoms with Crippen molar-refractivity contribution in [3.63, 3.8) is 0 Å². The Labute approximate surface area is 118 Å². The van der Waals surface area contributed by atoms with Crippen LogP contribution in [0.2, 0.25) is 0 Å². The normalized spacial score (nSPS) is 10.5. The molecule has 7 nitrogen and oxygen atoms in total.